The number of hydrogen-bond donors (Lipinski definition) is 3. The van der Waals surface area contributed by atoms with Crippen molar-refractivity contribution in [2.45, 2.75) is 58.8 Å². The Balaban J connectivity index is 2.15. The first-order chi connectivity index (χ1) is 9.94. The number of nitrogens with one attached hydrogen (secondary N) is 2. The van der Waals surface area contributed by atoms with Crippen molar-refractivity contribution in [2.75, 3.05) is 19.6 Å². The molecule has 0 aliphatic carbocycles. The van der Waals surface area contributed by atoms with Gasteiger partial charge in [-0.05, 0) is 44.7 Å². The fourth-order valence-electron chi connectivity index (χ4n) is 2.84. The molecule has 0 aromatic carbocycles. The van der Waals surface area contributed by atoms with Crippen molar-refractivity contribution in [2.24, 2.45) is 11.3 Å². The van der Waals surface area contributed by atoms with E-state index in [2.05, 4.69) is 10.6 Å². The minimum atomic E-state index is -0.730. The summed E-state index contributed by atoms with van der Waals surface area (Å²) in [5.41, 5.74) is -0.323. The van der Waals surface area contributed by atoms with E-state index in [1.54, 1.807) is 0 Å². The van der Waals surface area contributed by atoms with E-state index in [-0.39, 0.29) is 17.7 Å². The van der Waals surface area contributed by atoms with Gasteiger partial charge in [0.1, 0.15) is 0 Å². The molecule has 0 aromatic rings. The number of hydrogen-bond acceptors (Lipinski definition) is 3. The zero-order chi connectivity index (χ0) is 15.7. The summed E-state index contributed by atoms with van der Waals surface area (Å²) >= 11 is 0. The highest BCUT2D eigenvalue weighted by Crippen LogP contribution is 2.31. The molecule has 1 amide bonds. The van der Waals surface area contributed by atoms with Crippen LogP contribution in [0.15, 0.2) is 0 Å². The molecule has 5 nitrogen and oxygen atoms in total. The van der Waals surface area contributed by atoms with Gasteiger partial charge in [0.15, 0.2) is 0 Å². The van der Waals surface area contributed by atoms with Crippen LogP contribution >= 0.6 is 0 Å². The fraction of sp³-hybridized carbons (Fsp3) is 0.875. The highest BCUT2D eigenvalue weighted by atomic mass is 16.4. The maximum absolute atomic E-state index is 12.3. The lowest BCUT2D eigenvalue weighted by molar-refractivity contribution is -0.137. The Morgan fingerprint density at radius 3 is 2.57 bits per heavy atom. The van der Waals surface area contributed by atoms with Crippen LogP contribution in [0, 0.1) is 11.3 Å². The third-order valence-electron chi connectivity index (χ3n) is 4.51. The zero-order valence-electron chi connectivity index (χ0n) is 13.4. The Morgan fingerprint density at radius 2 is 1.95 bits per heavy atom. The van der Waals surface area contributed by atoms with Crippen LogP contribution in [0.4, 0.5) is 0 Å². The van der Waals surface area contributed by atoms with E-state index in [0.717, 1.165) is 51.6 Å². The standard InChI is InChI=1S/C16H30N2O3/c1-16(2,13-8-7-10-17-12-13)15(21)18-11-6-4-3-5-9-14(19)20/h13,17H,3-12H2,1-2H3,(H,18,21)(H,19,20). The summed E-state index contributed by atoms with van der Waals surface area (Å²) in [4.78, 5) is 22.7. The van der Waals surface area contributed by atoms with Crippen LogP contribution in [0.25, 0.3) is 0 Å². The van der Waals surface area contributed by atoms with Crippen LogP contribution in [0.5, 0.6) is 0 Å². The van der Waals surface area contributed by atoms with Crippen molar-refractivity contribution in [1.82, 2.24) is 10.6 Å². The Labute approximate surface area is 127 Å². The van der Waals surface area contributed by atoms with Gasteiger partial charge in [0, 0.05) is 18.4 Å². The zero-order valence-corrected chi connectivity index (χ0v) is 13.4. The number of rotatable bonds is 9. The molecule has 1 fully saturated rings. The first-order valence-electron chi connectivity index (χ1n) is 8.15. The summed E-state index contributed by atoms with van der Waals surface area (Å²) in [6.07, 6.45) is 6.03. The summed E-state index contributed by atoms with van der Waals surface area (Å²) in [5, 5.41) is 14.9. The lowest BCUT2D eigenvalue weighted by Crippen LogP contribution is -2.47. The summed E-state index contributed by atoms with van der Waals surface area (Å²) in [7, 11) is 0. The van der Waals surface area contributed by atoms with E-state index in [9.17, 15) is 9.59 Å². The van der Waals surface area contributed by atoms with Gasteiger partial charge < -0.3 is 15.7 Å². The number of carboxylic acids is 1. The maximum Gasteiger partial charge on any atom is 0.303 e. The van der Waals surface area contributed by atoms with Gasteiger partial charge in [-0.2, -0.15) is 0 Å². The Morgan fingerprint density at radius 1 is 1.24 bits per heavy atom. The molecule has 1 unspecified atom stereocenters. The second-order valence-corrected chi connectivity index (χ2v) is 6.58. The van der Waals surface area contributed by atoms with Gasteiger partial charge in [-0.25, -0.2) is 0 Å². The molecule has 0 radical (unpaired) electrons. The molecule has 0 saturated carbocycles. The van der Waals surface area contributed by atoms with E-state index >= 15 is 0 Å². The van der Waals surface area contributed by atoms with Crippen molar-refractivity contribution in [3.05, 3.63) is 0 Å². The molecule has 5 heteroatoms. The van der Waals surface area contributed by atoms with Crippen LogP contribution < -0.4 is 10.6 Å². The SMILES string of the molecule is CC(C)(C(=O)NCCCCCCC(=O)O)C1CCCNC1. The van der Waals surface area contributed by atoms with Crippen LogP contribution in [0.1, 0.15) is 58.8 Å². The summed E-state index contributed by atoms with van der Waals surface area (Å²) < 4.78 is 0. The molecule has 0 aromatic heterocycles. The normalized spacial score (nSPS) is 19.2. The van der Waals surface area contributed by atoms with Gasteiger partial charge in [0.25, 0.3) is 0 Å². The Kier molecular flexibility index (Phi) is 7.72. The third-order valence-corrected chi connectivity index (χ3v) is 4.51. The van der Waals surface area contributed by atoms with E-state index in [0.29, 0.717) is 12.5 Å². The minimum Gasteiger partial charge on any atom is -0.481 e. The molecule has 1 aliphatic heterocycles. The van der Waals surface area contributed by atoms with E-state index in [4.69, 9.17) is 5.11 Å². The van der Waals surface area contributed by atoms with Crippen LogP contribution in [0.3, 0.4) is 0 Å². The predicted octanol–water partition coefficient (Wildman–Crippen LogP) is 2.16. The smallest absolute Gasteiger partial charge is 0.303 e. The molecule has 1 heterocycles. The summed E-state index contributed by atoms with van der Waals surface area (Å²) in [6, 6.07) is 0. The molecular weight excluding hydrogens is 268 g/mol. The van der Waals surface area contributed by atoms with Gasteiger partial charge >= 0.3 is 5.97 Å². The largest absolute Gasteiger partial charge is 0.481 e. The molecule has 1 saturated heterocycles. The fourth-order valence-corrected chi connectivity index (χ4v) is 2.84. The lowest BCUT2D eigenvalue weighted by Gasteiger charge is -2.36. The van der Waals surface area contributed by atoms with E-state index in [1.807, 2.05) is 13.8 Å². The van der Waals surface area contributed by atoms with Gasteiger partial charge in [0.05, 0.1) is 0 Å². The molecule has 1 atom stereocenters. The topological polar surface area (TPSA) is 78.4 Å². The van der Waals surface area contributed by atoms with Gasteiger partial charge in [0.2, 0.25) is 5.91 Å². The van der Waals surface area contributed by atoms with Gasteiger partial charge in [-0.3, -0.25) is 9.59 Å². The highest BCUT2D eigenvalue weighted by Gasteiger charge is 2.36. The predicted molar refractivity (Wildman–Crippen MR) is 83.1 cm³/mol. The van der Waals surface area contributed by atoms with Gasteiger partial charge in [-0.15, -0.1) is 0 Å². The number of aliphatic carboxylic acids is 1. The highest BCUT2D eigenvalue weighted by molar-refractivity contribution is 5.82. The molecule has 0 bridgehead atoms. The number of amides is 1. The van der Waals surface area contributed by atoms with E-state index < -0.39 is 5.97 Å². The average molecular weight is 298 g/mol. The van der Waals surface area contributed by atoms with Crippen LogP contribution in [-0.4, -0.2) is 36.6 Å². The second-order valence-electron chi connectivity index (χ2n) is 6.58. The van der Waals surface area contributed by atoms with E-state index in [1.165, 1.54) is 0 Å². The molecular formula is C16H30N2O3. The van der Waals surface area contributed by atoms with Crippen molar-refractivity contribution in [3.63, 3.8) is 0 Å². The van der Waals surface area contributed by atoms with Crippen LogP contribution in [0.2, 0.25) is 0 Å². The monoisotopic (exact) mass is 298 g/mol. The second kappa shape index (κ2) is 9.03. The third kappa shape index (κ3) is 6.46. The average Bonchev–Trinajstić information content (AvgIpc) is 2.46. The number of carbonyl (C=O) groups excluding carboxylic acids is 1. The Hall–Kier alpha value is -1.10. The quantitative estimate of drug-likeness (QED) is 0.570. The first kappa shape index (κ1) is 18.0. The molecule has 1 rings (SSSR count). The summed E-state index contributed by atoms with van der Waals surface area (Å²) in [5.74, 6) is -0.185. The number of piperidine rings is 1. The lowest BCUT2D eigenvalue weighted by atomic mass is 9.74. The Bertz CT molecular complexity index is 336. The molecule has 122 valence electrons. The maximum atomic E-state index is 12.3. The van der Waals surface area contributed by atoms with Crippen molar-refractivity contribution in [1.29, 1.82) is 0 Å². The minimum absolute atomic E-state index is 0.140. The molecule has 1 aliphatic rings. The first-order valence-corrected chi connectivity index (χ1v) is 8.15. The molecule has 3 N–H and O–H groups in total. The van der Waals surface area contributed by atoms with Crippen LogP contribution in [-0.2, 0) is 9.59 Å². The van der Waals surface area contributed by atoms with Gasteiger partial charge in [-0.1, -0.05) is 26.7 Å². The van der Waals surface area contributed by atoms with Crippen molar-refractivity contribution < 1.29 is 14.7 Å². The number of unbranched alkanes of at least 4 members (excludes halogenated alkanes) is 3. The number of carbonyl (C=O) groups is 2. The van der Waals surface area contributed by atoms with Crippen molar-refractivity contribution >= 4 is 11.9 Å². The van der Waals surface area contributed by atoms with Crippen molar-refractivity contribution in [3.8, 4) is 0 Å². The number of carboxylic acid groups (broad SMARTS) is 1. The molecule has 0 spiro atoms. The summed E-state index contributed by atoms with van der Waals surface area (Å²) in [6.45, 7) is 6.75. The molecule has 21 heavy (non-hydrogen) atoms.